The fourth-order valence-electron chi connectivity index (χ4n) is 2.09. The van der Waals surface area contributed by atoms with Crippen molar-refractivity contribution < 1.29 is 26.7 Å². The van der Waals surface area contributed by atoms with E-state index in [1.54, 1.807) is 0 Å². The number of ether oxygens (including phenoxy) is 1. The monoisotopic (exact) mass is 307 g/mol. The zero-order valence-electron chi connectivity index (χ0n) is 11.0. The van der Waals surface area contributed by atoms with Gasteiger partial charge in [0.25, 0.3) is 0 Å². The summed E-state index contributed by atoms with van der Waals surface area (Å²) in [6.07, 6.45) is -2.39. The summed E-state index contributed by atoms with van der Waals surface area (Å²) in [5.74, 6) is -1.35. The fourth-order valence-corrected chi connectivity index (χ4v) is 2.09. The molecule has 1 aromatic carbocycles. The number of allylic oxidation sites excluding steroid dienone is 1. The van der Waals surface area contributed by atoms with E-state index in [4.69, 9.17) is 4.74 Å². The van der Waals surface area contributed by atoms with Crippen LogP contribution in [0.2, 0.25) is 0 Å². The van der Waals surface area contributed by atoms with E-state index in [1.165, 1.54) is 12.3 Å². The minimum absolute atomic E-state index is 0.0647. The molecule has 2 nitrogen and oxygen atoms in total. The van der Waals surface area contributed by atoms with E-state index in [0.29, 0.717) is 18.4 Å². The van der Waals surface area contributed by atoms with E-state index in [0.717, 1.165) is 12.1 Å². The van der Waals surface area contributed by atoms with Gasteiger partial charge in [-0.15, -0.1) is 0 Å². The Morgan fingerprint density at radius 3 is 2.57 bits per heavy atom. The third kappa shape index (κ3) is 4.70. The number of hydrogen-bond donors (Lipinski definition) is 1. The van der Waals surface area contributed by atoms with Crippen LogP contribution in [0.1, 0.15) is 18.4 Å². The van der Waals surface area contributed by atoms with Crippen molar-refractivity contribution in [2.45, 2.75) is 25.1 Å². The molecule has 0 saturated heterocycles. The Morgan fingerprint density at radius 2 is 2.00 bits per heavy atom. The second kappa shape index (κ2) is 6.43. The highest BCUT2D eigenvalue weighted by Crippen LogP contribution is 2.28. The lowest BCUT2D eigenvalue weighted by Crippen LogP contribution is -2.36. The summed E-state index contributed by atoms with van der Waals surface area (Å²) in [5.41, 5.74) is 0.817. The summed E-state index contributed by atoms with van der Waals surface area (Å²) in [6, 6.07) is 3.26. The molecule has 0 amide bonds. The molecule has 1 aromatic rings. The highest BCUT2D eigenvalue weighted by Gasteiger charge is 2.27. The summed E-state index contributed by atoms with van der Waals surface area (Å²) < 4.78 is 67.7. The summed E-state index contributed by atoms with van der Waals surface area (Å²) in [5, 5.41) is 2.27. The Hall–Kier alpha value is -1.63. The van der Waals surface area contributed by atoms with Crippen molar-refractivity contribution in [2.75, 3.05) is 13.1 Å². The molecule has 0 aromatic heterocycles. The van der Waals surface area contributed by atoms with Gasteiger partial charge in [-0.05, 0) is 30.5 Å². The first kappa shape index (κ1) is 15.8. The number of benzene rings is 1. The topological polar surface area (TPSA) is 21.3 Å². The summed E-state index contributed by atoms with van der Waals surface area (Å²) >= 11 is 0. The van der Waals surface area contributed by atoms with Gasteiger partial charge in [-0.1, -0.05) is 0 Å². The average molecular weight is 307 g/mol. The molecule has 1 heterocycles. The number of rotatable bonds is 4. The van der Waals surface area contributed by atoms with Crippen molar-refractivity contribution in [3.63, 3.8) is 0 Å². The maximum absolute atomic E-state index is 13.6. The Balaban J connectivity index is 1.90. The van der Waals surface area contributed by atoms with E-state index < -0.39 is 24.4 Å². The van der Waals surface area contributed by atoms with Crippen LogP contribution in [0.5, 0.6) is 0 Å². The molecule has 1 atom stereocenters. The molecule has 0 spiro atoms. The van der Waals surface area contributed by atoms with Gasteiger partial charge in [0.2, 0.25) is 0 Å². The zero-order chi connectivity index (χ0) is 15.5. The number of hydrogen-bond acceptors (Lipinski definition) is 2. The molecule has 21 heavy (non-hydrogen) atoms. The van der Waals surface area contributed by atoms with Crippen molar-refractivity contribution in [1.29, 1.82) is 0 Å². The van der Waals surface area contributed by atoms with E-state index in [9.17, 15) is 22.0 Å². The van der Waals surface area contributed by atoms with Gasteiger partial charge in [0.05, 0.1) is 12.8 Å². The average Bonchev–Trinajstić information content (AvgIpc) is 2.38. The Bertz CT molecular complexity index is 527. The third-order valence-electron chi connectivity index (χ3n) is 3.11. The third-order valence-corrected chi connectivity index (χ3v) is 3.11. The van der Waals surface area contributed by atoms with E-state index >= 15 is 0 Å². The van der Waals surface area contributed by atoms with Crippen LogP contribution in [-0.2, 0) is 4.74 Å². The van der Waals surface area contributed by atoms with Crippen LogP contribution in [0.15, 0.2) is 24.5 Å². The minimum Gasteiger partial charge on any atom is -0.496 e. The van der Waals surface area contributed by atoms with Crippen molar-refractivity contribution in [3.05, 3.63) is 41.7 Å². The lowest BCUT2D eigenvalue weighted by atomic mass is 9.98. The summed E-state index contributed by atoms with van der Waals surface area (Å²) in [4.78, 5) is 0. The molecule has 2 rings (SSSR count). The first-order chi connectivity index (χ1) is 9.85. The first-order valence-electron chi connectivity index (χ1n) is 6.42. The van der Waals surface area contributed by atoms with Crippen molar-refractivity contribution in [1.82, 2.24) is 5.32 Å². The van der Waals surface area contributed by atoms with Gasteiger partial charge >= 0.3 is 6.18 Å². The molecule has 7 heteroatoms. The van der Waals surface area contributed by atoms with Crippen molar-refractivity contribution in [2.24, 2.45) is 0 Å². The second-order valence-electron chi connectivity index (χ2n) is 4.81. The quantitative estimate of drug-likeness (QED) is 0.858. The van der Waals surface area contributed by atoms with Gasteiger partial charge in [-0.25, -0.2) is 8.78 Å². The van der Waals surface area contributed by atoms with Crippen molar-refractivity contribution >= 4 is 5.57 Å². The molecule has 0 fully saturated rings. The second-order valence-corrected chi connectivity index (χ2v) is 4.81. The summed E-state index contributed by atoms with van der Waals surface area (Å²) in [6.45, 7) is -1.01. The van der Waals surface area contributed by atoms with E-state index in [-0.39, 0.29) is 18.2 Å². The molecule has 0 radical (unpaired) electrons. The Kier molecular flexibility index (Phi) is 4.82. The Labute approximate surface area is 118 Å². The minimum atomic E-state index is -4.26. The number of alkyl halides is 3. The molecule has 1 N–H and O–H groups in total. The molecule has 1 aliphatic rings. The standard InChI is InChI=1S/C14H14F5NO/c15-10-2-4-12(13(16)5-10)9-1-3-11(21-7-9)6-20-8-14(17,18)19/h2,4-5,7,11,20H,1,3,6,8H2/t11-/m0/s1. The largest absolute Gasteiger partial charge is 0.496 e. The van der Waals surface area contributed by atoms with Gasteiger partial charge in [0, 0.05) is 18.2 Å². The maximum Gasteiger partial charge on any atom is 0.401 e. The normalized spacial score (nSPS) is 19.1. The highest BCUT2D eigenvalue weighted by molar-refractivity contribution is 5.65. The van der Waals surface area contributed by atoms with E-state index in [2.05, 4.69) is 5.32 Å². The predicted molar refractivity (Wildman–Crippen MR) is 67.4 cm³/mol. The molecular weight excluding hydrogens is 293 g/mol. The van der Waals surface area contributed by atoms with Crippen LogP contribution in [-0.4, -0.2) is 25.4 Å². The van der Waals surface area contributed by atoms with Gasteiger partial charge in [-0.2, -0.15) is 13.2 Å². The van der Waals surface area contributed by atoms with E-state index in [1.807, 2.05) is 0 Å². The highest BCUT2D eigenvalue weighted by atomic mass is 19.4. The van der Waals surface area contributed by atoms with Gasteiger partial charge in [0.15, 0.2) is 0 Å². The zero-order valence-corrected chi connectivity index (χ0v) is 11.0. The molecular formula is C14H14F5NO. The molecule has 1 aliphatic heterocycles. The molecule has 0 bridgehead atoms. The number of halogens is 5. The van der Waals surface area contributed by atoms with Gasteiger partial charge in [-0.3, -0.25) is 0 Å². The molecule has 0 saturated carbocycles. The van der Waals surface area contributed by atoms with Crippen LogP contribution in [0.4, 0.5) is 22.0 Å². The van der Waals surface area contributed by atoms with Crippen LogP contribution >= 0.6 is 0 Å². The lowest BCUT2D eigenvalue weighted by molar-refractivity contribution is -0.125. The summed E-state index contributed by atoms with van der Waals surface area (Å²) in [7, 11) is 0. The lowest BCUT2D eigenvalue weighted by Gasteiger charge is -2.24. The van der Waals surface area contributed by atoms with Crippen LogP contribution in [0.25, 0.3) is 5.57 Å². The molecule has 116 valence electrons. The fraction of sp³-hybridized carbons (Fsp3) is 0.429. The van der Waals surface area contributed by atoms with Crippen LogP contribution in [0.3, 0.4) is 0 Å². The molecule has 0 aliphatic carbocycles. The smallest absolute Gasteiger partial charge is 0.401 e. The van der Waals surface area contributed by atoms with Crippen LogP contribution < -0.4 is 5.32 Å². The van der Waals surface area contributed by atoms with Gasteiger partial charge in [0.1, 0.15) is 17.7 Å². The van der Waals surface area contributed by atoms with Gasteiger partial charge < -0.3 is 10.1 Å². The SMILES string of the molecule is Fc1ccc(C2=CO[C@H](CNCC(F)(F)F)CC2)c(F)c1. The maximum atomic E-state index is 13.6. The number of nitrogens with one attached hydrogen (secondary N) is 1. The molecule has 0 unspecified atom stereocenters. The van der Waals surface area contributed by atoms with Crippen molar-refractivity contribution in [3.8, 4) is 0 Å². The Morgan fingerprint density at radius 1 is 1.24 bits per heavy atom. The van der Waals surface area contributed by atoms with Crippen LogP contribution in [0, 0.1) is 11.6 Å². The predicted octanol–water partition coefficient (Wildman–Crippen LogP) is 3.64. The first-order valence-corrected chi connectivity index (χ1v) is 6.42.